The third kappa shape index (κ3) is 5.72. The van der Waals surface area contributed by atoms with Crippen LogP contribution >= 0.6 is 0 Å². The van der Waals surface area contributed by atoms with Crippen molar-refractivity contribution in [3.05, 3.63) is 59.9 Å². The number of halogens is 1. The molecule has 27 heavy (non-hydrogen) atoms. The van der Waals surface area contributed by atoms with Crippen molar-refractivity contribution in [3.63, 3.8) is 0 Å². The maximum Gasteiger partial charge on any atom is 0.240 e. The first-order chi connectivity index (χ1) is 12.9. The molecule has 0 unspecified atom stereocenters. The maximum atomic E-state index is 12.9. The number of amides is 1. The van der Waals surface area contributed by atoms with Gasteiger partial charge in [-0.25, -0.2) is 12.8 Å². The molecule has 2 aromatic carbocycles. The largest absolute Gasteiger partial charge is 0.492 e. The Labute approximate surface area is 158 Å². The number of nitrogens with zero attached hydrogens (tertiary/aromatic N) is 1. The van der Waals surface area contributed by atoms with Crippen molar-refractivity contribution >= 4 is 21.6 Å². The van der Waals surface area contributed by atoms with Crippen LogP contribution < -0.4 is 14.4 Å². The molecule has 8 heteroatoms. The standard InChI is InChI=1S/C19H19FN2O4S/c1-3-15-5-4-6-17(13-15)22(14-19(23)21-2)27(24,25)12-11-26-18-9-7-16(20)8-10-18/h1,4-10,13H,11-12,14H2,2H3,(H,21,23). The highest BCUT2D eigenvalue weighted by Crippen LogP contribution is 2.20. The topological polar surface area (TPSA) is 75.7 Å². The molecule has 0 aliphatic carbocycles. The van der Waals surface area contributed by atoms with Crippen molar-refractivity contribution in [1.29, 1.82) is 0 Å². The Morgan fingerprint density at radius 3 is 2.59 bits per heavy atom. The van der Waals surface area contributed by atoms with Gasteiger partial charge in [-0.3, -0.25) is 9.10 Å². The first kappa shape index (κ1) is 20.3. The Balaban J connectivity index is 2.17. The average molecular weight is 390 g/mol. The van der Waals surface area contributed by atoms with Gasteiger partial charge in [0.1, 0.15) is 30.5 Å². The van der Waals surface area contributed by atoms with Crippen molar-refractivity contribution in [2.45, 2.75) is 0 Å². The van der Waals surface area contributed by atoms with E-state index in [0.717, 1.165) is 4.31 Å². The first-order valence-electron chi connectivity index (χ1n) is 8.02. The number of benzene rings is 2. The van der Waals surface area contributed by atoms with E-state index in [-0.39, 0.29) is 24.6 Å². The molecule has 0 spiro atoms. The van der Waals surface area contributed by atoms with E-state index in [2.05, 4.69) is 11.2 Å². The van der Waals surface area contributed by atoms with Crippen LogP contribution in [0, 0.1) is 18.2 Å². The summed E-state index contributed by atoms with van der Waals surface area (Å²) in [7, 11) is -2.46. The van der Waals surface area contributed by atoms with Crippen molar-refractivity contribution in [1.82, 2.24) is 5.32 Å². The fourth-order valence-electron chi connectivity index (χ4n) is 2.22. The van der Waals surface area contributed by atoms with E-state index < -0.39 is 21.7 Å². The summed E-state index contributed by atoms with van der Waals surface area (Å²) in [6.07, 6.45) is 5.37. The average Bonchev–Trinajstić information content (AvgIpc) is 2.67. The van der Waals surface area contributed by atoms with Crippen LogP contribution in [0.1, 0.15) is 5.56 Å². The molecule has 2 rings (SSSR count). The van der Waals surface area contributed by atoms with Gasteiger partial charge in [0.15, 0.2) is 0 Å². The van der Waals surface area contributed by atoms with E-state index in [4.69, 9.17) is 11.2 Å². The minimum atomic E-state index is -3.88. The van der Waals surface area contributed by atoms with E-state index in [1.807, 2.05) is 0 Å². The van der Waals surface area contributed by atoms with Crippen LogP contribution in [0.5, 0.6) is 5.75 Å². The highest BCUT2D eigenvalue weighted by molar-refractivity contribution is 7.92. The van der Waals surface area contributed by atoms with Crippen molar-refractivity contribution in [3.8, 4) is 18.1 Å². The number of rotatable bonds is 8. The van der Waals surface area contributed by atoms with Crippen LogP contribution in [0.3, 0.4) is 0 Å². The number of hydrogen-bond acceptors (Lipinski definition) is 4. The smallest absolute Gasteiger partial charge is 0.240 e. The van der Waals surface area contributed by atoms with E-state index in [0.29, 0.717) is 11.3 Å². The third-order valence-corrected chi connectivity index (χ3v) is 5.32. The Hall–Kier alpha value is -3.05. The number of anilines is 1. The lowest BCUT2D eigenvalue weighted by atomic mass is 10.2. The SMILES string of the molecule is C#Cc1cccc(N(CC(=O)NC)S(=O)(=O)CCOc2ccc(F)cc2)c1. The molecule has 0 saturated carbocycles. The molecule has 0 bridgehead atoms. The zero-order valence-corrected chi connectivity index (χ0v) is 15.5. The predicted molar refractivity (Wildman–Crippen MR) is 101 cm³/mol. The molecule has 1 amide bonds. The molecule has 0 saturated heterocycles. The summed E-state index contributed by atoms with van der Waals surface area (Å²) in [6, 6.07) is 11.6. The van der Waals surface area contributed by atoms with Crippen LogP contribution in [0.25, 0.3) is 0 Å². The van der Waals surface area contributed by atoms with Gasteiger partial charge in [0.2, 0.25) is 15.9 Å². The molecule has 0 aromatic heterocycles. The van der Waals surface area contributed by atoms with Gasteiger partial charge in [0.05, 0.1) is 5.69 Å². The van der Waals surface area contributed by atoms with Crippen LogP contribution in [-0.2, 0) is 14.8 Å². The lowest BCUT2D eigenvalue weighted by Gasteiger charge is -2.24. The molecule has 0 aliphatic heterocycles. The Morgan fingerprint density at radius 2 is 1.96 bits per heavy atom. The summed E-state index contributed by atoms with van der Waals surface area (Å²) >= 11 is 0. The number of terminal acetylenes is 1. The fraction of sp³-hybridized carbons (Fsp3) is 0.211. The lowest BCUT2D eigenvalue weighted by Crippen LogP contribution is -2.41. The van der Waals surface area contributed by atoms with Crippen molar-refractivity contribution in [2.24, 2.45) is 0 Å². The predicted octanol–water partition coefficient (Wildman–Crippen LogP) is 1.77. The molecule has 6 nitrogen and oxygen atoms in total. The summed E-state index contributed by atoms with van der Waals surface area (Å²) < 4.78 is 44.8. The highest BCUT2D eigenvalue weighted by atomic mass is 32.2. The Kier molecular flexibility index (Phi) is 6.79. The molecule has 0 radical (unpaired) electrons. The van der Waals surface area contributed by atoms with Gasteiger partial charge in [0, 0.05) is 12.6 Å². The zero-order valence-electron chi connectivity index (χ0n) is 14.7. The molecule has 0 fully saturated rings. The number of sulfonamides is 1. The molecule has 2 aromatic rings. The second kappa shape index (κ2) is 9.05. The Bertz CT molecular complexity index is 937. The lowest BCUT2D eigenvalue weighted by molar-refractivity contribution is -0.119. The summed E-state index contributed by atoms with van der Waals surface area (Å²) in [5, 5.41) is 2.40. The van der Waals surface area contributed by atoms with Gasteiger partial charge in [-0.05, 0) is 42.5 Å². The van der Waals surface area contributed by atoms with E-state index >= 15 is 0 Å². The second-order valence-electron chi connectivity index (χ2n) is 5.49. The van der Waals surface area contributed by atoms with Gasteiger partial charge in [-0.1, -0.05) is 12.0 Å². The normalized spacial score (nSPS) is 10.7. The minimum absolute atomic E-state index is 0.160. The number of likely N-dealkylation sites (N-methyl/N-ethyl adjacent to an activating group) is 1. The van der Waals surface area contributed by atoms with E-state index in [9.17, 15) is 17.6 Å². The molecule has 0 atom stereocenters. The molecular formula is C19H19FN2O4S. The van der Waals surface area contributed by atoms with E-state index in [1.54, 1.807) is 18.2 Å². The quantitative estimate of drug-likeness (QED) is 0.697. The Morgan fingerprint density at radius 1 is 1.26 bits per heavy atom. The molecular weight excluding hydrogens is 371 g/mol. The monoisotopic (exact) mass is 390 g/mol. The van der Waals surface area contributed by atoms with Gasteiger partial charge < -0.3 is 10.1 Å². The summed E-state index contributed by atoms with van der Waals surface area (Å²) in [5.74, 6) is 1.52. The van der Waals surface area contributed by atoms with Crippen LogP contribution in [0.4, 0.5) is 10.1 Å². The van der Waals surface area contributed by atoms with Crippen LogP contribution in [-0.4, -0.2) is 40.3 Å². The number of ether oxygens (including phenoxy) is 1. The van der Waals surface area contributed by atoms with Gasteiger partial charge in [-0.15, -0.1) is 6.42 Å². The zero-order chi connectivity index (χ0) is 19.9. The van der Waals surface area contributed by atoms with Crippen LogP contribution in [0.2, 0.25) is 0 Å². The fourth-order valence-corrected chi connectivity index (χ4v) is 3.48. The second-order valence-corrected chi connectivity index (χ2v) is 7.51. The minimum Gasteiger partial charge on any atom is -0.492 e. The van der Waals surface area contributed by atoms with Gasteiger partial charge in [0.25, 0.3) is 0 Å². The highest BCUT2D eigenvalue weighted by Gasteiger charge is 2.25. The van der Waals surface area contributed by atoms with E-state index in [1.165, 1.54) is 37.4 Å². The summed E-state index contributed by atoms with van der Waals surface area (Å²) in [4.78, 5) is 11.8. The number of carbonyl (C=O) groups is 1. The number of hydrogen-bond donors (Lipinski definition) is 1. The first-order valence-corrected chi connectivity index (χ1v) is 9.62. The molecule has 0 aliphatic rings. The maximum absolute atomic E-state index is 12.9. The number of nitrogens with one attached hydrogen (secondary N) is 1. The van der Waals surface area contributed by atoms with Crippen molar-refractivity contribution in [2.75, 3.05) is 30.3 Å². The molecule has 1 N–H and O–H groups in total. The van der Waals surface area contributed by atoms with Crippen LogP contribution in [0.15, 0.2) is 48.5 Å². The molecule has 142 valence electrons. The third-order valence-electron chi connectivity index (χ3n) is 3.63. The summed E-state index contributed by atoms with van der Waals surface area (Å²) in [5.41, 5.74) is 0.781. The number of carbonyl (C=O) groups excluding carboxylic acids is 1. The van der Waals surface area contributed by atoms with Gasteiger partial charge >= 0.3 is 0 Å². The van der Waals surface area contributed by atoms with Gasteiger partial charge in [-0.2, -0.15) is 0 Å². The molecule has 0 heterocycles. The summed E-state index contributed by atoms with van der Waals surface area (Å²) in [6.45, 7) is -0.545. The van der Waals surface area contributed by atoms with Crippen molar-refractivity contribution < 1.29 is 22.3 Å².